The summed E-state index contributed by atoms with van der Waals surface area (Å²) in [5.41, 5.74) is 2.66. The maximum absolute atomic E-state index is 12.6. The van der Waals surface area contributed by atoms with Crippen molar-refractivity contribution in [3.63, 3.8) is 0 Å². The fraction of sp³-hybridized carbons (Fsp3) is 0.409. The molecular formula is C22H24N2O5. The summed E-state index contributed by atoms with van der Waals surface area (Å²) in [6.45, 7) is 2.08. The molecule has 7 nitrogen and oxygen atoms in total. The number of amides is 1. The second kappa shape index (κ2) is 7.15. The van der Waals surface area contributed by atoms with Crippen molar-refractivity contribution in [2.75, 3.05) is 31.3 Å². The maximum atomic E-state index is 12.6. The van der Waals surface area contributed by atoms with Crippen molar-refractivity contribution in [3.8, 4) is 23.2 Å². The zero-order valence-electron chi connectivity index (χ0n) is 16.1. The smallest absolute Gasteiger partial charge is 0.265 e. The summed E-state index contributed by atoms with van der Waals surface area (Å²) < 4.78 is 12.5. The second-order valence-corrected chi connectivity index (χ2v) is 7.82. The summed E-state index contributed by atoms with van der Waals surface area (Å²) in [6.07, 6.45) is 7.19. The van der Waals surface area contributed by atoms with Crippen LogP contribution in [-0.4, -0.2) is 47.1 Å². The molecule has 0 spiro atoms. The number of aromatic nitrogens is 1. The molecule has 29 heavy (non-hydrogen) atoms. The van der Waals surface area contributed by atoms with E-state index in [1.54, 1.807) is 23.1 Å². The van der Waals surface area contributed by atoms with Crippen molar-refractivity contribution in [1.82, 2.24) is 4.57 Å². The number of anilines is 1. The molecule has 3 heterocycles. The minimum Gasteiger partial charge on any atom is -0.494 e. The first-order valence-corrected chi connectivity index (χ1v) is 10.1. The van der Waals surface area contributed by atoms with Crippen LogP contribution in [0.4, 0.5) is 5.69 Å². The van der Waals surface area contributed by atoms with Gasteiger partial charge < -0.3 is 24.6 Å². The van der Waals surface area contributed by atoms with Gasteiger partial charge in [-0.3, -0.25) is 9.36 Å². The van der Waals surface area contributed by atoms with Gasteiger partial charge in [-0.2, -0.15) is 0 Å². The first-order chi connectivity index (χ1) is 14.1. The van der Waals surface area contributed by atoms with E-state index in [0.717, 1.165) is 38.0 Å². The van der Waals surface area contributed by atoms with E-state index >= 15 is 0 Å². The molecule has 1 aromatic carbocycles. The van der Waals surface area contributed by atoms with Gasteiger partial charge in [0.05, 0.1) is 11.4 Å². The SMILES string of the molecule is O=C1COc2ccc(-n3c(O)c4c(c3O)CCC=C4)cc2N1CC1CCOCC1. The molecule has 1 saturated heterocycles. The summed E-state index contributed by atoms with van der Waals surface area (Å²) in [7, 11) is 0. The Bertz CT molecular complexity index is 988. The average Bonchev–Trinajstić information content (AvgIpc) is 3.01. The number of hydrogen-bond acceptors (Lipinski definition) is 5. The van der Waals surface area contributed by atoms with Gasteiger partial charge in [-0.1, -0.05) is 12.2 Å². The Morgan fingerprint density at radius 2 is 1.97 bits per heavy atom. The molecule has 2 aromatic rings. The number of fused-ring (bicyclic) bond motifs is 2. The lowest BCUT2D eigenvalue weighted by Gasteiger charge is -2.34. The molecule has 0 radical (unpaired) electrons. The molecule has 1 aliphatic carbocycles. The fourth-order valence-corrected chi connectivity index (χ4v) is 4.42. The number of rotatable bonds is 3. The van der Waals surface area contributed by atoms with E-state index in [9.17, 15) is 15.0 Å². The van der Waals surface area contributed by atoms with Gasteiger partial charge in [0.1, 0.15) is 5.75 Å². The number of allylic oxidation sites excluding steroid dienone is 1. The molecule has 1 fully saturated rings. The minimum absolute atomic E-state index is 0.00688. The van der Waals surface area contributed by atoms with Crippen LogP contribution in [0.3, 0.4) is 0 Å². The zero-order valence-corrected chi connectivity index (χ0v) is 16.1. The normalized spacial score (nSPS) is 19.0. The Labute approximate surface area is 168 Å². The minimum atomic E-state index is -0.0793. The molecule has 2 aliphatic heterocycles. The lowest BCUT2D eigenvalue weighted by molar-refractivity contribution is -0.121. The third-order valence-electron chi connectivity index (χ3n) is 6.03. The Morgan fingerprint density at radius 3 is 2.76 bits per heavy atom. The number of hydrogen-bond donors (Lipinski definition) is 2. The predicted molar refractivity (Wildman–Crippen MR) is 108 cm³/mol. The van der Waals surface area contributed by atoms with Crippen LogP contribution in [0.15, 0.2) is 24.3 Å². The van der Waals surface area contributed by atoms with Crippen LogP contribution in [0.2, 0.25) is 0 Å². The van der Waals surface area contributed by atoms with E-state index in [-0.39, 0.29) is 24.3 Å². The molecule has 1 aromatic heterocycles. The van der Waals surface area contributed by atoms with E-state index in [2.05, 4.69) is 0 Å². The molecule has 1 amide bonds. The van der Waals surface area contributed by atoms with Crippen LogP contribution in [0.5, 0.6) is 17.5 Å². The molecule has 0 atom stereocenters. The number of carbonyl (C=O) groups is 1. The highest BCUT2D eigenvalue weighted by Crippen LogP contribution is 2.42. The zero-order chi connectivity index (χ0) is 20.0. The monoisotopic (exact) mass is 396 g/mol. The number of nitrogens with zero attached hydrogens (tertiary/aromatic N) is 2. The number of carbonyl (C=O) groups excluding carboxylic acids is 1. The van der Waals surface area contributed by atoms with E-state index in [1.165, 1.54) is 4.57 Å². The van der Waals surface area contributed by atoms with Crippen LogP contribution in [0.1, 0.15) is 30.4 Å². The van der Waals surface area contributed by atoms with Gasteiger partial charge >= 0.3 is 0 Å². The van der Waals surface area contributed by atoms with Gasteiger partial charge in [0.15, 0.2) is 6.61 Å². The van der Waals surface area contributed by atoms with Crippen LogP contribution >= 0.6 is 0 Å². The quantitative estimate of drug-likeness (QED) is 0.833. The Balaban J connectivity index is 1.54. The average molecular weight is 396 g/mol. The maximum Gasteiger partial charge on any atom is 0.265 e. The summed E-state index contributed by atoms with van der Waals surface area (Å²) in [5.74, 6) is 0.988. The largest absolute Gasteiger partial charge is 0.494 e. The summed E-state index contributed by atoms with van der Waals surface area (Å²) >= 11 is 0. The van der Waals surface area contributed by atoms with Gasteiger partial charge in [0, 0.05) is 30.9 Å². The lowest BCUT2D eigenvalue weighted by Crippen LogP contribution is -2.42. The third-order valence-corrected chi connectivity index (χ3v) is 6.03. The molecule has 152 valence electrons. The number of aromatic hydroxyl groups is 2. The van der Waals surface area contributed by atoms with E-state index in [0.29, 0.717) is 41.6 Å². The second-order valence-electron chi connectivity index (χ2n) is 7.82. The molecular weight excluding hydrogens is 372 g/mol. The van der Waals surface area contributed by atoms with Crippen molar-refractivity contribution in [2.24, 2.45) is 5.92 Å². The molecule has 2 N–H and O–H groups in total. The van der Waals surface area contributed by atoms with Crippen molar-refractivity contribution < 1.29 is 24.5 Å². The van der Waals surface area contributed by atoms with Gasteiger partial charge in [0.25, 0.3) is 5.91 Å². The van der Waals surface area contributed by atoms with Crippen molar-refractivity contribution >= 4 is 17.7 Å². The predicted octanol–water partition coefficient (Wildman–Crippen LogP) is 3.00. The van der Waals surface area contributed by atoms with Crippen molar-refractivity contribution in [1.29, 1.82) is 0 Å². The highest BCUT2D eigenvalue weighted by Gasteiger charge is 2.30. The molecule has 7 heteroatoms. The van der Waals surface area contributed by atoms with Gasteiger partial charge in [-0.25, -0.2) is 0 Å². The fourth-order valence-electron chi connectivity index (χ4n) is 4.42. The summed E-state index contributed by atoms with van der Waals surface area (Å²) in [5, 5.41) is 21.5. The Morgan fingerprint density at radius 1 is 1.14 bits per heavy atom. The van der Waals surface area contributed by atoms with Crippen LogP contribution in [-0.2, 0) is 16.0 Å². The molecule has 0 saturated carbocycles. The van der Waals surface area contributed by atoms with Gasteiger partial charge in [-0.05, 0) is 49.8 Å². The van der Waals surface area contributed by atoms with Crippen molar-refractivity contribution in [3.05, 3.63) is 35.4 Å². The topological polar surface area (TPSA) is 84.2 Å². The first kappa shape index (κ1) is 18.1. The summed E-state index contributed by atoms with van der Waals surface area (Å²) in [4.78, 5) is 14.4. The van der Waals surface area contributed by atoms with Crippen molar-refractivity contribution in [2.45, 2.75) is 25.7 Å². The van der Waals surface area contributed by atoms with Crippen LogP contribution in [0.25, 0.3) is 11.8 Å². The van der Waals surface area contributed by atoms with E-state index < -0.39 is 0 Å². The van der Waals surface area contributed by atoms with E-state index in [1.807, 2.05) is 12.2 Å². The first-order valence-electron chi connectivity index (χ1n) is 10.1. The number of ether oxygens (including phenoxy) is 2. The molecule has 0 unspecified atom stereocenters. The molecule has 0 bridgehead atoms. The van der Waals surface area contributed by atoms with Gasteiger partial charge in [-0.15, -0.1) is 0 Å². The lowest BCUT2D eigenvalue weighted by atomic mass is 9.99. The van der Waals surface area contributed by atoms with Crippen LogP contribution in [0, 0.1) is 5.92 Å². The molecule has 5 rings (SSSR count). The Hall–Kier alpha value is -2.93. The van der Waals surface area contributed by atoms with E-state index in [4.69, 9.17) is 9.47 Å². The van der Waals surface area contributed by atoms with Gasteiger partial charge in [0.2, 0.25) is 11.8 Å². The molecule has 3 aliphatic rings. The standard InChI is InChI=1S/C22H24N2O5/c25-20-13-29-19-6-5-15(11-18(19)23(20)12-14-7-9-28-10-8-14)24-21(26)16-3-1-2-4-17(16)22(24)27/h1,3,5-6,11,14,26-27H,2,4,7-10,12-13H2. The summed E-state index contributed by atoms with van der Waals surface area (Å²) in [6, 6.07) is 5.39. The highest BCUT2D eigenvalue weighted by molar-refractivity contribution is 5.98. The number of benzene rings is 1. The van der Waals surface area contributed by atoms with Crippen LogP contribution < -0.4 is 9.64 Å². The third kappa shape index (κ3) is 3.06. The highest BCUT2D eigenvalue weighted by atomic mass is 16.5. The Kier molecular flexibility index (Phi) is 4.47.